The Morgan fingerprint density at radius 1 is 1.47 bits per heavy atom. The lowest BCUT2D eigenvalue weighted by molar-refractivity contribution is -0.145. The van der Waals surface area contributed by atoms with Crippen LogP contribution in [0.5, 0.6) is 0 Å². The highest BCUT2D eigenvalue weighted by molar-refractivity contribution is 7.92. The van der Waals surface area contributed by atoms with Crippen LogP contribution in [0.15, 0.2) is 29.2 Å². The number of carbonyl (C=O) groups is 1. The van der Waals surface area contributed by atoms with E-state index in [1.165, 1.54) is 31.4 Å². The molecule has 0 spiro atoms. The molecule has 1 saturated carbocycles. The smallest absolute Gasteiger partial charge is 0.313 e. The molecule has 0 radical (unpaired) electrons. The minimum absolute atomic E-state index is 0.0706. The predicted octanol–water partition coefficient (Wildman–Crippen LogP) is 1.60. The van der Waals surface area contributed by atoms with E-state index >= 15 is 0 Å². The van der Waals surface area contributed by atoms with Crippen LogP contribution in [-0.2, 0) is 19.4 Å². The number of sulfone groups is 1. The lowest BCUT2D eigenvalue weighted by Gasteiger charge is -2.11. The van der Waals surface area contributed by atoms with Crippen LogP contribution in [0.4, 0.5) is 0 Å². The highest BCUT2D eigenvalue weighted by Gasteiger charge is 2.67. The first-order valence-electron chi connectivity index (χ1n) is 5.56. The van der Waals surface area contributed by atoms with Crippen molar-refractivity contribution < 1.29 is 23.1 Å². The molecule has 19 heavy (non-hydrogen) atoms. The molecule has 1 aromatic rings. The summed E-state index contributed by atoms with van der Waals surface area (Å²) >= 11 is 5.70. The Hall–Kier alpha value is -1.11. The first kappa shape index (κ1) is 14.3. The summed E-state index contributed by atoms with van der Waals surface area (Å²) in [4.78, 5) is 11.3. The molecule has 0 bridgehead atoms. The summed E-state index contributed by atoms with van der Waals surface area (Å²) in [5, 5.41) is 8.68. The van der Waals surface area contributed by atoms with Crippen LogP contribution in [0.1, 0.15) is 6.42 Å². The summed E-state index contributed by atoms with van der Waals surface area (Å²) in [6.07, 6.45) is 0.0706. The van der Waals surface area contributed by atoms with Gasteiger partial charge in [-0.25, -0.2) is 8.42 Å². The minimum atomic E-state index is -3.68. The number of benzene rings is 1. The van der Waals surface area contributed by atoms with E-state index in [0.29, 0.717) is 5.02 Å². The van der Waals surface area contributed by atoms with Gasteiger partial charge in [0, 0.05) is 12.1 Å². The van der Waals surface area contributed by atoms with E-state index < -0.39 is 26.5 Å². The average Bonchev–Trinajstić information content (AvgIpc) is 3.07. The van der Waals surface area contributed by atoms with Crippen molar-refractivity contribution in [2.75, 3.05) is 13.7 Å². The van der Waals surface area contributed by atoms with Crippen molar-refractivity contribution in [1.29, 1.82) is 0 Å². The van der Waals surface area contributed by atoms with Crippen LogP contribution in [-0.4, -0.2) is 38.5 Å². The van der Waals surface area contributed by atoms with Crippen molar-refractivity contribution in [3.8, 4) is 0 Å². The molecule has 104 valence electrons. The standard InChI is InChI=1S/C12H13ClO5S/c1-18-7-12(11(14)15)6-10(12)19(16,17)9-4-2-8(13)3-5-9/h2-5,10H,6-7H2,1H3,(H,14,15)/t10-,12+/m0/s1. The van der Waals surface area contributed by atoms with E-state index in [9.17, 15) is 18.3 Å². The van der Waals surface area contributed by atoms with E-state index in [1.807, 2.05) is 0 Å². The molecule has 1 aliphatic carbocycles. The van der Waals surface area contributed by atoms with Crippen molar-refractivity contribution in [3.05, 3.63) is 29.3 Å². The van der Waals surface area contributed by atoms with Gasteiger partial charge in [-0.3, -0.25) is 4.79 Å². The fraction of sp³-hybridized carbons (Fsp3) is 0.417. The van der Waals surface area contributed by atoms with Crippen LogP contribution in [0.3, 0.4) is 0 Å². The second kappa shape index (κ2) is 4.77. The number of hydrogen-bond donors (Lipinski definition) is 1. The van der Waals surface area contributed by atoms with Crippen molar-refractivity contribution in [2.24, 2.45) is 5.41 Å². The zero-order valence-electron chi connectivity index (χ0n) is 10.2. The first-order chi connectivity index (χ1) is 8.84. The summed E-state index contributed by atoms with van der Waals surface area (Å²) in [5.74, 6) is -1.14. The van der Waals surface area contributed by atoms with Gasteiger partial charge in [-0.1, -0.05) is 11.6 Å². The van der Waals surface area contributed by atoms with Crippen LogP contribution < -0.4 is 0 Å². The predicted molar refractivity (Wildman–Crippen MR) is 69.0 cm³/mol. The molecule has 2 rings (SSSR count). The number of carboxylic acids is 1. The second-order valence-electron chi connectivity index (χ2n) is 4.59. The molecule has 1 N–H and O–H groups in total. The molecule has 7 heteroatoms. The number of aliphatic carboxylic acids is 1. The molecule has 2 atom stereocenters. The maximum absolute atomic E-state index is 12.3. The third-order valence-electron chi connectivity index (χ3n) is 3.35. The quantitative estimate of drug-likeness (QED) is 0.893. The average molecular weight is 305 g/mol. The SMILES string of the molecule is COC[C@]1(C(=O)O)C[C@@H]1S(=O)(=O)c1ccc(Cl)cc1. The lowest BCUT2D eigenvalue weighted by Crippen LogP contribution is -2.28. The molecule has 1 fully saturated rings. The van der Waals surface area contributed by atoms with E-state index in [-0.39, 0.29) is 17.9 Å². The summed E-state index contributed by atoms with van der Waals surface area (Å²) in [7, 11) is -2.32. The fourth-order valence-corrected chi connectivity index (χ4v) is 4.41. The lowest BCUT2D eigenvalue weighted by atomic mass is 10.1. The number of ether oxygens (including phenoxy) is 1. The van der Waals surface area contributed by atoms with Gasteiger partial charge in [-0.2, -0.15) is 0 Å². The Morgan fingerprint density at radius 2 is 2.05 bits per heavy atom. The highest BCUT2D eigenvalue weighted by Crippen LogP contribution is 2.53. The summed E-state index contributed by atoms with van der Waals surface area (Å²) in [6.45, 7) is -0.111. The number of methoxy groups -OCH3 is 1. The molecular formula is C12H13ClO5S. The molecule has 5 nitrogen and oxygen atoms in total. The van der Waals surface area contributed by atoms with E-state index in [4.69, 9.17) is 16.3 Å². The normalized spacial score (nSPS) is 26.1. The molecule has 1 aliphatic rings. The monoisotopic (exact) mass is 304 g/mol. The number of hydrogen-bond acceptors (Lipinski definition) is 4. The van der Waals surface area contributed by atoms with Crippen LogP contribution in [0.2, 0.25) is 5.02 Å². The van der Waals surface area contributed by atoms with Crippen LogP contribution >= 0.6 is 11.6 Å². The van der Waals surface area contributed by atoms with Crippen molar-refractivity contribution in [1.82, 2.24) is 0 Å². The molecule has 0 amide bonds. The van der Waals surface area contributed by atoms with Gasteiger partial charge in [0.15, 0.2) is 9.84 Å². The highest BCUT2D eigenvalue weighted by atomic mass is 35.5. The molecule has 0 heterocycles. The minimum Gasteiger partial charge on any atom is -0.481 e. The Kier molecular flexibility index (Phi) is 3.59. The zero-order chi connectivity index (χ0) is 14.3. The van der Waals surface area contributed by atoms with Gasteiger partial charge >= 0.3 is 5.97 Å². The van der Waals surface area contributed by atoms with Crippen molar-refractivity contribution in [3.63, 3.8) is 0 Å². The van der Waals surface area contributed by atoms with Crippen LogP contribution in [0, 0.1) is 5.41 Å². The summed E-state index contributed by atoms with van der Waals surface area (Å²) in [5.41, 5.74) is -1.33. The van der Waals surface area contributed by atoms with Crippen molar-refractivity contribution >= 4 is 27.4 Å². The Balaban J connectivity index is 2.33. The Morgan fingerprint density at radius 3 is 2.53 bits per heavy atom. The summed E-state index contributed by atoms with van der Waals surface area (Å²) < 4.78 is 29.5. The maximum Gasteiger partial charge on any atom is 0.313 e. The number of carboxylic acid groups (broad SMARTS) is 1. The number of rotatable bonds is 5. The molecule has 0 saturated heterocycles. The van der Waals surface area contributed by atoms with Gasteiger partial charge in [0.05, 0.1) is 16.8 Å². The van der Waals surface area contributed by atoms with Crippen molar-refractivity contribution in [2.45, 2.75) is 16.6 Å². The van der Waals surface area contributed by atoms with E-state index in [2.05, 4.69) is 0 Å². The Bertz CT molecular complexity index is 595. The third kappa shape index (κ3) is 2.35. The van der Waals surface area contributed by atoms with Gasteiger partial charge < -0.3 is 9.84 Å². The fourth-order valence-electron chi connectivity index (χ4n) is 2.16. The largest absolute Gasteiger partial charge is 0.481 e. The molecular weight excluding hydrogens is 292 g/mol. The third-order valence-corrected chi connectivity index (χ3v) is 5.90. The zero-order valence-corrected chi connectivity index (χ0v) is 11.7. The van der Waals surface area contributed by atoms with E-state index in [1.54, 1.807) is 0 Å². The van der Waals surface area contributed by atoms with Gasteiger partial charge in [-0.15, -0.1) is 0 Å². The van der Waals surface area contributed by atoms with Gasteiger partial charge in [0.1, 0.15) is 5.41 Å². The molecule has 0 unspecified atom stereocenters. The van der Waals surface area contributed by atoms with Gasteiger partial charge in [-0.05, 0) is 30.7 Å². The Labute approximate surface area is 116 Å². The molecule has 0 aliphatic heterocycles. The van der Waals surface area contributed by atoms with E-state index in [0.717, 1.165) is 0 Å². The first-order valence-corrected chi connectivity index (χ1v) is 7.49. The van der Waals surface area contributed by atoms with Gasteiger partial charge in [0.25, 0.3) is 0 Å². The molecule has 1 aromatic carbocycles. The topological polar surface area (TPSA) is 80.7 Å². The second-order valence-corrected chi connectivity index (χ2v) is 7.15. The van der Waals surface area contributed by atoms with Crippen LogP contribution in [0.25, 0.3) is 0 Å². The summed E-state index contributed by atoms with van der Waals surface area (Å²) in [6, 6.07) is 5.70. The number of halogens is 1. The maximum atomic E-state index is 12.3. The van der Waals surface area contributed by atoms with Gasteiger partial charge in [0.2, 0.25) is 0 Å². The molecule has 0 aromatic heterocycles.